The average Bonchev–Trinajstić information content (AvgIpc) is 2.90. The third kappa shape index (κ3) is 1.73. The Labute approximate surface area is 73.9 Å². The predicted molar refractivity (Wildman–Crippen MR) is 52.9 cm³/mol. The van der Waals surface area contributed by atoms with E-state index >= 15 is 0 Å². The molecule has 12 heavy (non-hydrogen) atoms. The zero-order valence-electron chi connectivity index (χ0n) is 7.51. The first kappa shape index (κ1) is 8.98. The molecule has 64 valence electrons. The Kier molecular flexibility index (Phi) is 2.64. The molecular weight excluding hydrogens is 146 g/mol. The highest BCUT2D eigenvalue weighted by Gasteiger charge is 2.38. The van der Waals surface area contributed by atoms with Crippen LogP contribution < -0.4 is 0 Å². The minimum atomic E-state index is 0.543. The van der Waals surface area contributed by atoms with Crippen LogP contribution in [0.4, 0.5) is 0 Å². The van der Waals surface area contributed by atoms with E-state index in [1.165, 1.54) is 18.4 Å². The molecule has 1 aliphatic carbocycles. The maximum absolute atomic E-state index is 5.50. The van der Waals surface area contributed by atoms with Crippen molar-refractivity contribution in [3.63, 3.8) is 0 Å². The van der Waals surface area contributed by atoms with Crippen LogP contribution in [-0.4, -0.2) is 6.72 Å². The van der Waals surface area contributed by atoms with Gasteiger partial charge in [0, 0.05) is 0 Å². The van der Waals surface area contributed by atoms with Crippen molar-refractivity contribution < 1.29 is 0 Å². The van der Waals surface area contributed by atoms with Gasteiger partial charge in [-0.15, -0.1) is 0 Å². The third-order valence-electron chi connectivity index (χ3n) is 2.47. The van der Waals surface area contributed by atoms with Crippen molar-refractivity contribution >= 4 is 6.72 Å². The third-order valence-corrected chi connectivity index (χ3v) is 2.47. The summed E-state index contributed by atoms with van der Waals surface area (Å²) in [5.74, 6) is 0. The van der Waals surface area contributed by atoms with Crippen LogP contribution in [0.2, 0.25) is 0 Å². The van der Waals surface area contributed by atoms with Gasteiger partial charge in [-0.1, -0.05) is 37.3 Å². The predicted octanol–water partition coefficient (Wildman–Crippen LogP) is 3.00. The van der Waals surface area contributed by atoms with E-state index in [1.807, 2.05) is 0 Å². The molecule has 2 rings (SSSR count). The molecule has 0 aliphatic heterocycles. The molecule has 0 amide bonds. The van der Waals surface area contributed by atoms with E-state index in [9.17, 15) is 0 Å². The minimum Gasteiger partial charge on any atom is -0.317 e. The molecule has 0 aromatic heterocycles. The maximum Gasteiger partial charge on any atom is -0.00746 e. The van der Waals surface area contributed by atoms with Gasteiger partial charge in [0.15, 0.2) is 0 Å². The number of hydrogen-bond acceptors (Lipinski definition) is 1. The average molecular weight is 161 g/mol. The quantitative estimate of drug-likeness (QED) is 0.612. The second-order valence-electron chi connectivity index (χ2n) is 3.43. The second-order valence-corrected chi connectivity index (χ2v) is 3.43. The molecule has 1 N–H and O–H groups in total. The topological polar surface area (TPSA) is 23.9 Å². The molecule has 0 unspecified atom stereocenters. The lowest BCUT2D eigenvalue weighted by atomic mass is 9.99. The van der Waals surface area contributed by atoms with E-state index in [2.05, 4.69) is 44.0 Å². The van der Waals surface area contributed by atoms with Gasteiger partial charge in [-0.2, -0.15) is 0 Å². The van der Waals surface area contributed by atoms with Crippen molar-refractivity contribution in [2.75, 3.05) is 0 Å². The lowest BCUT2D eigenvalue weighted by Crippen LogP contribution is -1.97. The summed E-state index contributed by atoms with van der Waals surface area (Å²) in [5, 5.41) is 5.50. The molecular formula is C11H15N. The van der Waals surface area contributed by atoms with Gasteiger partial charge < -0.3 is 5.41 Å². The van der Waals surface area contributed by atoms with E-state index in [4.69, 9.17) is 5.41 Å². The van der Waals surface area contributed by atoms with Crippen LogP contribution in [0.25, 0.3) is 0 Å². The molecule has 1 aromatic carbocycles. The van der Waals surface area contributed by atoms with Crippen molar-refractivity contribution in [1.29, 1.82) is 5.41 Å². The Hall–Kier alpha value is -1.11. The highest BCUT2D eigenvalue weighted by atomic mass is 14.4. The molecule has 0 atom stereocenters. The fraction of sp³-hybridized carbons (Fsp3) is 0.364. The Bertz CT molecular complexity index is 236. The van der Waals surface area contributed by atoms with Gasteiger partial charge in [0.05, 0.1) is 0 Å². The summed E-state index contributed by atoms with van der Waals surface area (Å²) in [6.45, 7) is 4.84. The molecule has 0 spiro atoms. The zero-order chi connectivity index (χ0) is 9.03. The summed E-state index contributed by atoms with van der Waals surface area (Å²) in [6.07, 6.45) is 2.74. The normalized spacial score (nSPS) is 17.4. The van der Waals surface area contributed by atoms with Crippen LogP contribution >= 0.6 is 0 Å². The summed E-state index contributed by atoms with van der Waals surface area (Å²) in [6, 6.07) is 10.8. The van der Waals surface area contributed by atoms with E-state index < -0.39 is 0 Å². The summed E-state index contributed by atoms with van der Waals surface area (Å²) >= 11 is 0. The van der Waals surface area contributed by atoms with Crippen molar-refractivity contribution in [3.05, 3.63) is 35.9 Å². The Balaban J connectivity index is 0.000000336. The molecule has 0 radical (unpaired) electrons. The molecule has 1 heteroatoms. The van der Waals surface area contributed by atoms with Gasteiger partial charge in [-0.3, -0.25) is 0 Å². The monoisotopic (exact) mass is 161 g/mol. The van der Waals surface area contributed by atoms with Gasteiger partial charge >= 0.3 is 0 Å². The molecule has 0 heterocycles. The van der Waals surface area contributed by atoms with Gasteiger partial charge in [0.25, 0.3) is 0 Å². The second kappa shape index (κ2) is 3.53. The molecule has 1 nitrogen and oxygen atoms in total. The lowest BCUT2D eigenvalue weighted by molar-refractivity contribution is 0.788. The molecule has 1 saturated carbocycles. The maximum atomic E-state index is 5.50. The van der Waals surface area contributed by atoms with E-state index in [1.54, 1.807) is 0 Å². The number of rotatable bonds is 1. The van der Waals surface area contributed by atoms with Crippen LogP contribution in [-0.2, 0) is 5.41 Å². The first-order valence-electron chi connectivity index (χ1n) is 4.22. The lowest BCUT2D eigenvalue weighted by Gasteiger charge is -2.06. The first-order valence-corrected chi connectivity index (χ1v) is 4.22. The van der Waals surface area contributed by atoms with Crippen LogP contribution in [0, 0.1) is 5.41 Å². The Morgan fingerprint density at radius 3 is 2.08 bits per heavy atom. The van der Waals surface area contributed by atoms with Gasteiger partial charge in [-0.05, 0) is 30.5 Å². The smallest absolute Gasteiger partial charge is 0.00746 e. The highest BCUT2D eigenvalue weighted by molar-refractivity contribution is 5.29. The molecule has 0 saturated heterocycles. The van der Waals surface area contributed by atoms with Crippen molar-refractivity contribution in [1.82, 2.24) is 0 Å². The van der Waals surface area contributed by atoms with E-state index in [-0.39, 0.29) is 0 Å². The van der Waals surface area contributed by atoms with Crippen LogP contribution in [0.3, 0.4) is 0 Å². The van der Waals surface area contributed by atoms with Crippen LogP contribution in [0.5, 0.6) is 0 Å². The van der Waals surface area contributed by atoms with Crippen LogP contribution in [0.1, 0.15) is 25.3 Å². The molecule has 0 bridgehead atoms. The van der Waals surface area contributed by atoms with Gasteiger partial charge in [0.1, 0.15) is 0 Å². The SMILES string of the molecule is C=N.CC1(c2ccccc2)CC1. The number of nitrogens with one attached hydrogen (secondary N) is 1. The van der Waals surface area contributed by atoms with E-state index in [0.717, 1.165) is 0 Å². The molecule has 1 aliphatic rings. The molecule has 1 aromatic rings. The first-order chi connectivity index (χ1) is 5.81. The summed E-state index contributed by atoms with van der Waals surface area (Å²) in [4.78, 5) is 0. The number of hydrogen-bond donors (Lipinski definition) is 1. The van der Waals surface area contributed by atoms with E-state index in [0.29, 0.717) is 5.41 Å². The van der Waals surface area contributed by atoms with Crippen LogP contribution in [0.15, 0.2) is 30.3 Å². The fourth-order valence-corrected chi connectivity index (χ4v) is 1.32. The summed E-state index contributed by atoms with van der Waals surface area (Å²) in [5.41, 5.74) is 2.05. The van der Waals surface area contributed by atoms with Crippen molar-refractivity contribution in [2.24, 2.45) is 0 Å². The molecule has 1 fully saturated rings. The zero-order valence-corrected chi connectivity index (χ0v) is 7.51. The summed E-state index contributed by atoms with van der Waals surface area (Å²) in [7, 11) is 0. The largest absolute Gasteiger partial charge is 0.317 e. The van der Waals surface area contributed by atoms with Crippen molar-refractivity contribution in [3.8, 4) is 0 Å². The standard InChI is InChI=1S/C10H12.CH3N/c1-10(7-8-10)9-5-3-2-4-6-9;1-2/h2-6H,7-8H2,1H3;2H,1H2. The Morgan fingerprint density at radius 2 is 1.67 bits per heavy atom. The highest BCUT2D eigenvalue weighted by Crippen LogP contribution is 2.47. The fourth-order valence-electron chi connectivity index (χ4n) is 1.32. The van der Waals surface area contributed by atoms with Gasteiger partial charge in [-0.25, -0.2) is 0 Å². The number of benzene rings is 1. The van der Waals surface area contributed by atoms with Crippen molar-refractivity contribution in [2.45, 2.75) is 25.2 Å². The Morgan fingerprint density at radius 1 is 1.17 bits per heavy atom. The van der Waals surface area contributed by atoms with Gasteiger partial charge in [0.2, 0.25) is 0 Å². The minimum absolute atomic E-state index is 0.543. The summed E-state index contributed by atoms with van der Waals surface area (Å²) < 4.78 is 0.